The first-order valence-corrected chi connectivity index (χ1v) is 8.84. The summed E-state index contributed by atoms with van der Waals surface area (Å²) >= 11 is 0. The van der Waals surface area contributed by atoms with Crippen LogP contribution in [0.5, 0.6) is 0 Å². The number of benzene rings is 2. The van der Waals surface area contributed by atoms with Crippen molar-refractivity contribution in [3.05, 3.63) is 70.8 Å². The van der Waals surface area contributed by atoms with Crippen LogP contribution in [0.2, 0.25) is 0 Å². The minimum Gasteiger partial charge on any atom is -0.481 e. The van der Waals surface area contributed by atoms with E-state index in [4.69, 9.17) is 5.11 Å². The molecule has 0 fully saturated rings. The number of hydrogen-bond acceptors (Lipinski definition) is 3. The summed E-state index contributed by atoms with van der Waals surface area (Å²) in [6.07, 6.45) is -0.669. The Hall–Kier alpha value is -2.02. The van der Waals surface area contributed by atoms with Gasteiger partial charge in [0.1, 0.15) is 0 Å². The van der Waals surface area contributed by atoms with E-state index in [1.165, 1.54) is 6.07 Å². The van der Waals surface area contributed by atoms with Crippen molar-refractivity contribution in [2.75, 3.05) is 6.54 Å². The smallest absolute Gasteiger partial charge is 0.303 e. The van der Waals surface area contributed by atoms with Crippen LogP contribution in [0.3, 0.4) is 0 Å². The Labute approximate surface area is 170 Å². The van der Waals surface area contributed by atoms with Gasteiger partial charge in [-0.05, 0) is 49.9 Å². The monoisotopic (exact) mass is 413 g/mol. The molecule has 0 aliphatic rings. The number of aliphatic hydroxyl groups excluding tert-OH is 1. The third-order valence-electron chi connectivity index (χ3n) is 4.37. The van der Waals surface area contributed by atoms with Gasteiger partial charge in [-0.25, -0.2) is 8.78 Å². The fourth-order valence-corrected chi connectivity index (χ4v) is 2.96. The van der Waals surface area contributed by atoms with Crippen molar-refractivity contribution in [1.29, 1.82) is 0 Å². The van der Waals surface area contributed by atoms with Crippen molar-refractivity contribution in [1.82, 2.24) is 5.32 Å². The zero-order chi connectivity index (χ0) is 20.0. The molecule has 4 nitrogen and oxygen atoms in total. The molecule has 0 aliphatic heterocycles. The predicted octanol–water partition coefficient (Wildman–Crippen LogP) is 4.05. The topological polar surface area (TPSA) is 69.6 Å². The second kappa shape index (κ2) is 10.5. The molecule has 0 aromatic heterocycles. The highest BCUT2D eigenvalue weighted by Gasteiger charge is 2.23. The van der Waals surface area contributed by atoms with Crippen LogP contribution in [0, 0.1) is 11.6 Å². The lowest BCUT2D eigenvalue weighted by Gasteiger charge is -2.28. The maximum atomic E-state index is 14.1. The Morgan fingerprint density at radius 1 is 1.14 bits per heavy atom. The molecule has 154 valence electrons. The van der Waals surface area contributed by atoms with Crippen LogP contribution in [0.15, 0.2) is 42.5 Å². The van der Waals surface area contributed by atoms with Crippen molar-refractivity contribution in [2.45, 2.75) is 44.8 Å². The normalized spacial score (nSPS) is 12.3. The van der Waals surface area contributed by atoms with Crippen LogP contribution >= 0.6 is 12.4 Å². The van der Waals surface area contributed by atoms with Crippen LogP contribution in [0.1, 0.15) is 43.1 Å². The lowest BCUT2D eigenvalue weighted by Crippen LogP contribution is -2.43. The Morgan fingerprint density at radius 3 is 2.39 bits per heavy atom. The van der Waals surface area contributed by atoms with E-state index in [0.717, 1.165) is 11.6 Å². The number of nitrogens with one attached hydrogen (secondary N) is 1. The molecular formula is C21H26ClF2NO3. The molecule has 1 atom stereocenters. The van der Waals surface area contributed by atoms with E-state index in [-0.39, 0.29) is 42.9 Å². The Balaban J connectivity index is 0.00000392. The molecule has 0 heterocycles. The van der Waals surface area contributed by atoms with Gasteiger partial charge in [-0.1, -0.05) is 30.3 Å². The summed E-state index contributed by atoms with van der Waals surface area (Å²) in [5.41, 5.74) is 0.933. The van der Waals surface area contributed by atoms with Crippen LogP contribution in [-0.4, -0.2) is 28.3 Å². The van der Waals surface area contributed by atoms with E-state index in [1.807, 2.05) is 44.2 Å². The van der Waals surface area contributed by atoms with Gasteiger partial charge in [0, 0.05) is 24.1 Å². The molecule has 0 aliphatic carbocycles. The van der Waals surface area contributed by atoms with Gasteiger partial charge in [0.05, 0.1) is 6.10 Å². The highest BCUT2D eigenvalue weighted by atomic mass is 35.5. The minimum absolute atomic E-state index is 0. The van der Waals surface area contributed by atoms with Crippen LogP contribution in [0.25, 0.3) is 0 Å². The largest absolute Gasteiger partial charge is 0.481 e. The van der Waals surface area contributed by atoms with Crippen molar-refractivity contribution in [3.8, 4) is 0 Å². The van der Waals surface area contributed by atoms with Crippen LogP contribution < -0.4 is 5.32 Å². The fourth-order valence-electron chi connectivity index (χ4n) is 2.96. The fraction of sp³-hybridized carbons (Fsp3) is 0.381. The SMILES string of the molecule is CC(C)(Cc1ccccc1)NC[C@@H](O)c1cc(CCC(=O)O)cc(F)c1F.Cl. The van der Waals surface area contributed by atoms with E-state index in [2.05, 4.69) is 5.32 Å². The molecule has 0 spiro atoms. The molecule has 0 saturated heterocycles. The van der Waals surface area contributed by atoms with E-state index in [9.17, 15) is 18.7 Å². The standard InChI is InChI=1S/C21H25F2NO3.ClH/c1-21(2,12-14-6-4-3-5-7-14)24-13-18(25)16-10-15(8-9-19(26)27)11-17(22)20(16)23;/h3-7,10-11,18,24-25H,8-9,12-13H2,1-2H3,(H,26,27);1H/t18-;/m1./s1. The second-order valence-electron chi connectivity index (χ2n) is 7.32. The zero-order valence-electron chi connectivity index (χ0n) is 15.9. The zero-order valence-corrected chi connectivity index (χ0v) is 16.7. The lowest BCUT2D eigenvalue weighted by atomic mass is 9.94. The third kappa shape index (κ3) is 7.19. The third-order valence-corrected chi connectivity index (χ3v) is 4.37. The lowest BCUT2D eigenvalue weighted by molar-refractivity contribution is -0.136. The van der Waals surface area contributed by atoms with Gasteiger partial charge in [-0.15, -0.1) is 12.4 Å². The van der Waals surface area contributed by atoms with E-state index < -0.39 is 23.7 Å². The molecule has 0 saturated carbocycles. The first kappa shape index (κ1) is 24.0. The van der Waals surface area contributed by atoms with Crippen molar-refractivity contribution in [3.63, 3.8) is 0 Å². The quantitative estimate of drug-likeness (QED) is 0.580. The highest BCUT2D eigenvalue weighted by Crippen LogP contribution is 2.23. The van der Waals surface area contributed by atoms with Crippen molar-refractivity contribution < 1.29 is 23.8 Å². The number of halogens is 3. The number of carboxylic acid groups (broad SMARTS) is 1. The van der Waals surface area contributed by atoms with Crippen LogP contribution in [0.4, 0.5) is 8.78 Å². The first-order valence-electron chi connectivity index (χ1n) is 8.84. The number of aliphatic hydroxyl groups is 1. The summed E-state index contributed by atoms with van der Waals surface area (Å²) in [6, 6.07) is 12.1. The van der Waals surface area contributed by atoms with Gasteiger partial charge >= 0.3 is 5.97 Å². The predicted molar refractivity (Wildman–Crippen MR) is 107 cm³/mol. The van der Waals surface area contributed by atoms with E-state index in [0.29, 0.717) is 12.0 Å². The average Bonchev–Trinajstić information content (AvgIpc) is 2.61. The summed E-state index contributed by atoms with van der Waals surface area (Å²) in [6.45, 7) is 3.97. The Morgan fingerprint density at radius 2 is 1.79 bits per heavy atom. The maximum Gasteiger partial charge on any atom is 0.303 e. The second-order valence-corrected chi connectivity index (χ2v) is 7.32. The number of β-amino-alcohol motifs (C(OH)–C–C–N with tert-alkyl or cyclic N) is 1. The number of hydrogen-bond donors (Lipinski definition) is 3. The van der Waals surface area contributed by atoms with Crippen molar-refractivity contribution in [2.24, 2.45) is 0 Å². The highest BCUT2D eigenvalue weighted by molar-refractivity contribution is 5.85. The molecule has 7 heteroatoms. The summed E-state index contributed by atoms with van der Waals surface area (Å²) in [5.74, 6) is -3.22. The molecule has 0 bridgehead atoms. The van der Waals surface area contributed by atoms with Gasteiger partial charge in [-0.2, -0.15) is 0 Å². The molecule has 2 rings (SSSR count). The summed E-state index contributed by atoms with van der Waals surface area (Å²) in [4.78, 5) is 10.7. The number of rotatable bonds is 9. The molecule has 28 heavy (non-hydrogen) atoms. The molecule has 0 unspecified atom stereocenters. The molecule has 0 amide bonds. The molecule has 0 radical (unpaired) electrons. The van der Waals surface area contributed by atoms with Gasteiger partial charge in [0.25, 0.3) is 0 Å². The van der Waals surface area contributed by atoms with E-state index in [1.54, 1.807) is 0 Å². The van der Waals surface area contributed by atoms with Crippen molar-refractivity contribution >= 4 is 18.4 Å². The summed E-state index contributed by atoms with van der Waals surface area (Å²) < 4.78 is 28.0. The number of aryl methyl sites for hydroxylation is 1. The van der Waals surface area contributed by atoms with Crippen LogP contribution in [-0.2, 0) is 17.6 Å². The number of aliphatic carboxylic acids is 1. The van der Waals surface area contributed by atoms with Gasteiger partial charge in [0.2, 0.25) is 0 Å². The Bertz CT molecular complexity index is 785. The van der Waals surface area contributed by atoms with Gasteiger partial charge in [-0.3, -0.25) is 4.79 Å². The molecule has 2 aromatic rings. The Kier molecular flexibility index (Phi) is 9.01. The summed E-state index contributed by atoms with van der Waals surface area (Å²) in [5, 5.41) is 22.3. The number of carbonyl (C=O) groups is 1. The minimum atomic E-state index is -1.25. The first-order chi connectivity index (χ1) is 12.7. The average molecular weight is 414 g/mol. The summed E-state index contributed by atoms with van der Waals surface area (Å²) in [7, 11) is 0. The van der Waals surface area contributed by atoms with Gasteiger partial charge in [0.15, 0.2) is 11.6 Å². The number of carboxylic acids is 1. The molecular weight excluding hydrogens is 388 g/mol. The van der Waals surface area contributed by atoms with Gasteiger partial charge < -0.3 is 15.5 Å². The maximum absolute atomic E-state index is 14.1. The van der Waals surface area contributed by atoms with E-state index >= 15 is 0 Å². The molecule has 2 aromatic carbocycles. The molecule has 3 N–H and O–H groups in total.